The number of nitrogens with one attached hydrogen (secondary N) is 2. The Balaban J connectivity index is 2.73. The molecule has 0 bridgehead atoms. The van der Waals surface area contributed by atoms with E-state index in [0.717, 1.165) is 0 Å². The number of likely N-dealkylation sites (N-methyl/N-ethyl adjacent to an activating group) is 1. The minimum absolute atomic E-state index is 0.109. The predicted octanol–water partition coefficient (Wildman–Crippen LogP) is 1.93. The Morgan fingerprint density at radius 1 is 1.19 bits per heavy atom. The minimum atomic E-state index is -0.757. The van der Waals surface area contributed by atoms with E-state index in [1.807, 2.05) is 13.8 Å². The van der Waals surface area contributed by atoms with Crippen molar-refractivity contribution in [3.8, 4) is 11.5 Å². The molecular formula is C18H25ClN2O6. The number of ether oxygens (including phenoxy) is 3. The fourth-order valence-electron chi connectivity index (χ4n) is 2.08. The maximum atomic E-state index is 12.2. The lowest BCUT2D eigenvalue weighted by molar-refractivity contribution is -0.130. The number of hydrogen-bond donors (Lipinski definition) is 2. The van der Waals surface area contributed by atoms with Gasteiger partial charge in [-0.2, -0.15) is 0 Å². The maximum absolute atomic E-state index is 12.2. The van der Waals surface area contributed by atoms with Crippen molar-refractivity contribution in [3.63, 3.8) is 0 Å². The van der Waals surface area contributed by atoms with Crippen LogP contribution in [0.4, 0.5) is 0 Å². The van der Waals surface area contributed by atoms with Crippen LogP contribution < -0.4 is 20.1 Å². The summed E-state index contributed by atoms with van der Waals surface area (Å²) >= 11 is 6.16. The van der Waals surface area contributed by atoms with E-state index in [1.165, 1.54) is 26.2 Å². The molecular weight excluding hydrogens is 376 g/mol. The Labute approximate surface area is 163 Å². The van der Waals surface area contributed by atoms with Crippen molar-refractivity contribution in [3.05, 3.63) is 22.7 Å². The van der Waals surface area contributed by atoms with Crippen LogP contribution in [0.3, 0.4) is 0 Å². The van der Waals surface area contributed by atoms with Crippen molar-refractivity contribution in [2.24, 2.45) is 0 Å². The molecule has 0 spiro atoms. The van der Waals surface area contributed by atoms with Crippen molar-refractivity contribution >= 4 is 29.4 Å². The van der Waals surface area contributed by atoms with Gasteiger partial charge in [0.05, 0.1) is 23.8 Å². The molecule has 0 radical (unpaired) electrons. The average Bonchev–Trinajstić information content (AvgIpc) is 2.60. The number of benzene rings is 1. The summed E-state index contributed by atoms with van der Waals surface area (Å²) < 4.78 is 15.7. The van der Waals surface area contributed by atoms with Gasteiger partial charge in [-0.3, -0.25) is 9.59 Å². The molecule has 9 heteroatoms. The number of rotatable bonds is 9. The topological polar surface area (TPSA) is 103 Å². The number of carbonyl (C=O) groups excluding carboxylic acids is 3. The molecule has 0 unspecified atom stereocenters. The molecule has 2 N–H and O–H groups in total. The van der Waals surface area contributed by atoms with E-state index in [-0.39, 0.29) is 28.3 Å². The molecule has 1 rings (SSSR count). The van der Waals surface area contributed by atoms with Crippen molar-refractivity contribution in [2.45, 2.75) is 39.8 Å². The van der Waals surface area contributed by atoms with E-state index >= 15 is 0 Å². The molecule has 27 heavy (non-hydrogen) atoms. The van der Waals surface area contributed by atoms with Crippen LogP contribution in [-0.2, 0) is 14.3 Å². The van der Waals surface area contributed by atoms with Gasteiger partial charge in [-0.05, 0) is 39.8 Å². The number of hydrogen-bond acceptors (Lipinski definition) is 6. The lowest BCUT2D eigenvalue weighted by Crippen LogP contribution is -2.46. The molecule has 0 saturated carbocycles. The standard InChI is InChI=1S/C18H25ClN2O6/c1-6-20-17(23)11(4)21-15(22)9-26-18(24)12-7-13(19)16(27-10(2)3)14(8-12)25-5/h7-8,10-11H,6,9H2,1-5H3,(H,20,23)(H,21,22)/t11-/m1/s1. The average molecular weight is 401 g/mol. The number of amides is 2. The van der Waals surface area contributed by atoms with Gasteiger partial charge < -0.3 is 24.8 Å². The van der Waals surface area contributed by atoms with Gasteiger partial charge in [-0.1, -0.05) is 11.6 Å². The first kappa shape index (κ1) is 22.6. The van der Waals surface area contributed by atoms with Crippen molar-refractivity contribution < 1.29 is 28.6 Å². The van der Waals surface area contributed by atoms with Gasteiger partial charge in [0.25, 0.3) is 5.91 Å². The summed E-state index contributed by atoms with van der Waals surface area (Å²) in [6, 6.07) is 2.05. The Hall–Kier alpha value is -2.48. The Kier molecular flexibility index (Phi) is 8.87. The number of esters is 1. The van der Waals surface area contributed by atoms with Gasteiger partial charge in [0, 0.05) is 6.54 Å². The Bertz CT molecular complexity index is 693. The second kappa shape index (κ2) is 10.6. The summed E-state index contributed by atoms with van der Waals surface area (Å²) in [4.78, 5) is 35.6. The van der Waals surface area contributed by atoms with Crippen LogP contribution in [0, 0.1) is 0 Å². The lowest BCUT2D eigenvalue weighted by Gasteiger charge is -2.16. The predicted molar refractivity (Wildman–Crippen MR) is 100 cm³/mol. The number of methoxy groups -OCH3 is 1. The minimum Gasteiger partial charge on any atom is -0.493 e. The fraction of sp³-hybridized carbons (Fsp3) is 0.500. The highest BCUT2D eigenvalue weighted by Gasteiger charge is 2.20. The molecule has 0 aliphatic carbocycles. The van der Waals surface area contributed by atoms with Crippen LogP contribution in [0.1, 0.15) is 38.1 Å². The van der Waals surface area contributed by atoms with Crippen LogP contribution in [0.15, 0.2) is 12.1 Å². The van der Waals surface area contributed by atoms with Crippen LogP contribution in [0.25, 0.3) is 0 Å². The molecule has 2 amide bonds. The zero-order chi connectivity index (χ0) is 20.6. The summed E-state index contributed by atoms with van der Waals surface area (Å²) in [5.74, 6) is -1.09. The summed E-state index contributed by atoms with van der Waals surface area (Å²) in [5, 5.41) is 5.20. The molecule has 0 saturated heterocycles. The smallest absolute Gasteiger partial charge is 0.338 e. The largest absolute Gasteiger partial charge is 0.493 e. The molecule has 0 aliphatic heterocycles. The van der Waals surface area contributed by atoms with Gasteiger partial charge >= 0.3 is 5.97 Å². The summed E-state index contributed by atoms with van der Waals surface area (Å²) in [5.41, 5.74) is 0.109. The Morgan fingerprint density at radius 2 is 1.85 bits per heavy atom. The maximum Gasteiger partial charge on any atom is 0.338 e. The molecule has 0 aromatic heterocycles. The van der Waals surface area contributed by atoms with Gasteiger partial charge in [0.2, 0.25) is 5.91 Å². The number of halogens is 1. The first-order valence-electron chi connectivity index (χ1n) is 8.47. The highest BCUT2D eigenvalue weighted by Crippen LogP contribution is 2.37. The summed E-state index contributed by atoms with van der Waals surface area (Å²) in [7, 11) is 1.42. The van der Waals surface area contributed by atoms with E-state index in [1.54, 1.807) is 6.92 Å². The number of carbonyl (C=O) groups is 3. The Morgan fingerprint density at radius 3 is 2.41 bits per heavy atom. The van der Waals surface area contributed by atoms with E-state index in [4.69, 9.17) is 25.8 Å². The van der Waals surface area contributed by atoms with Crippen LogP contribution in [0.5, 0.6) is 11.5 Å². The van der Waals surface area contributed by atoms with E-state index < -0.39 is 24.5 Å². The lowest BCUT2D eigenvalue weighted by atomic mass is 10.2. The normalized spacial score (nSPS) is 11.5. The van der Waals surface area contributed by atoms with Gasteiger partial charge in [-0.25, -0.2) is 4.79 Å². The molecule has 1 aromatic rings. The molecule has 1 atom stereocenters. The highest BCUT2D eigenvalue weighted by atomic mass is 35.5. The monoisotopic (exact) mass is 400 g/mol. The molecule has 1 aromatic carbocycles. The molecule has 8 nitrogen and oxygen atoms in total. The van der Waals surface area contributed by atoms with Crippen LogP contribution >= 0.6 is 11.6 Å². The van der Waals surface area contributed by atoms with Crippen LogP contribution in [0.2, 0.25) is 5.02 Å². The van der Waals surface area contributed by atoms with E-state index in [9.17, 15) is 14.4 Å². The molecule has 0 fully saturated rings. The second-order valence-electron chi connectivity index (χ2n) is 5.92. The third-order valence-corrected chi connectivity index (χ3v) is 3.56. The molecule has 0 heterocycles. The highest BCUT2D eigenvalue weighted by molar-refractivity contribution is 6.32. The van der Waals surface area contributed by atoms with Gasteiger partial charge in [0.1, 0.15) is 6.04 Å². The first-order valence-corrected chi connectivity index (χ1v) is 8.85. The quantitative estimate of drug-likeness (QED) is 0.614. The summed E-state index contributed by atoms with van der Waals surface area (Å²) in [6.07, 6.45) is -0.134. The van der Waals surface area contributed by atoms with E-state index in [2.05, 4.69) is 10.6 Å². The zero-order valence-corrected chi connectivity index (χ0v) is 16.8. The van der Waals surface area contributed by atoms with Crippen molar-refractivity contribution in [1.82, 2.24) is 10.6 Å². The zero-order valence-electron chi connectivity index (χ0n) is 16.1. The van der Waals surface area contributed by atoms with Crippen molar-refractivity contribution in [1.29, 1.82) is 0 Å². The van der Waals surface area contributed by atoms with Gasteiger partial charge in [-0.15, -0.1) is 0 Å². The van der Waals surface area contributed by atoms with E-state index in [0.29, 0.717) is 12.3 Å². The molecule has 0 aliphatic rings. The third kappa shape index (κ3) is 6.97. The fourth-order valence-corrected chi connectivity index (χ4v) is 2.33. The second-order valence-corrected chi connectivity index (χ2v) is 6.32. The summed E-state index contributed by atoms with van der Waals surface area (Å²) in [6.45, 7) is 6.88. The van der Waals surface area contributed by atoms with Crippen LogP contribution in [-0.4, -0.2) is 50.2 Å². The van der Waals surface area contributed by atoms with Gasteiger partial charge in [0.15, 0.2) is 18.1 Å². The molecule has 150 valence electrons. The third-order valence-electron chi connectivity index (χ3n) is 3.27. The SMILES string of the molecule is CCNC(=O)[C@@H](C)NC(=O)COC(=O)c1cc(Cl)c(OC(C)C)c(OC)c1. The van der Waals surface area contributed by atoms with Crippen molar-refractivity contribution in [2.75, 3.05) is 20.3 Å². The first-order chi connectivity index (χ1) is 12.7.